The van der Waals surface area contributed by atoms with E-state index in [9.17, 15) is 4.79 Å². The second-order valence-corrected chi connectivity index (χ2v) is 7.13. The number of carbonyl (C=O) groups is 1. The van der Waals surface area contributed by atoms with Crippen LogP contribution in [-0.2, 0) is 11.3 Å². The van der Waals surface area contributed by atoms with Crippen LogP contribution in [0.4, 0.5) is 5.82 Å². The molecule has 0 unspecified atom stereocenters. The maximum absolute atomic E-state index is 12.5. The predicted molar refractivity (Wildman–Crippen MR) is 104 cm³/mol. The van der Waals surface area contributed by atoms with Gasteiger partial charge >= 0.3 is 0 Å². The number of aromatic nitrogens is 2. The summed E-state index contributed by atoms with van der Waals surface area (Å²) in [5.41, 5.74) is 8.03. The highest BCUT2D eigenvalue weighted by molar-refractivity contribution is 5.90. The van der Waals surface area contributed by atoms with Crippen LogP contribution in [0.1, 0.15) is 36.8 Å². The van der Waals surface area contributed by atoms with Gasteiger partial charge in [-0.25, -0.2) is 4.68 Å². The lowest BCUT2D eigenvalue weighted by atomic mass is 10.00. The minimum Gasteiger partial charge on any atom is -0.493 e. The second kappa shape index (κ2) is 8.43. The summed E-state index contributed by atoms with van der Waals surface area (Å²) in [6.07, 6.45) is 5.36. The van der Waals surface area contributed by atoms with Gasteiger partial charge in [-0.15, -0.1) is 0 Å². The first kappa shape index (κ1) is 19.2. The van der Waals surface area contributed by atoms with Gasteiger partial charge in [-0.1, -0.05) is 12.5 Å². The fourth-order valence-electron chi connectivity index (χ4n) is 3.65. The smallest absolute Gasteiger partial charge is 0.225 e. The van der Waals surface area contributed by atoms with Crippen LogP contribution in [0.25, 0.3) is 0 Å². The molecule has 7 nitrogen and oxygen atoms in total. The van der Waals surface area contributed by atoms with Crippen molar-refractivity contribution < 1.29 is 14.3 Å². The molecular weight excluding hydrogens is 344 g/mol. The maximum atomic E-state index is 12.5. The Morgan fingerprint density at radius 1 is 1.30 bits per heavy atom. The number of amides is 1. The van der Waals surface area contributed by atoms with Gasteiger partial charge < -0.3 is 20.5 Å². The summed E-state index contributed by atoms with van der Waals surface area (Å²) in [7, 11) is 3.22. The van der Waals surface area contributed by atoms with Crippen molar-refractivity contribution in [3.8, 4) is 11.5 Å². The third-order valence-electron chi connectivity index (χ3n) is 5.23. The van der Waals surface area contributed by atoms with E-state index in [0.29, 0.717) is 24.5 Å². The fraction of sp³-hybridized carbons (Fsp3) is 0.500. The lowest BCUT2D eigenvalue weighted by Crippen LogP contribution is -2.28. The fourth-order valence-corrected chi connectivity index (χ4v) is 3.65. The Balaban J connectivity index is 1.72. The standard InChI is InChI=1S/C20H28N4O3/c1-13-11-22-24(12-14-7-8-17(26-2)18(9-14)27-3)20(13)23-19(25)10-15-5-4-6-16(15)21/h7-9,11,15-16H,4-6,10,12,21H2,1-3H3,(H,23,25)/t15-,16+/m0/s1. The number of rotatable bonds is 7. The first-order valence-corrected chi connectivity index (χ1v) is 9.30. The normalized spacial score (nSPS) is 19.1. The molecule has 3 rings (SSSR count). The summed E-state index contributed by atoms with van der Waals surface area (Å²) in [4.78, 5) is 12.5. The number of carbonyl (C=O) groups excluding carboxylic acids is 1. The van der Waals surface area contributed by atoms with Crippen LogP contribution in [0, 0.1) is 12.8 Å². The molecule has 7 heteroatoms. The summed E-state index contributed by atoms with van der Waals surface area (Å²) < 4.78 is 12.4. The van der Waals surface area contributed by atoms with Crippen LogP contribution in [0.2, 0.25) is 0 Å². The van der Waals surface area contributed by atoms with E-state index in [0.717, 1.165) is 36.2 Å². The predicted octanol–water partition coefficient (Wildman–Crippen LogP) is 2.71. The summed E-state index contributed by atoms with van der Waals surface area (Å²) in [5, 5.41) is 7.44. The molecule has 1 amide bonds. The quantitative estimate of drug-likeness (QED) is 0.780. The Hall–Kier alpha value is -2.54. The van der Waals surface area contributed by atoms with E-state index >= 15 is 0 Å². The Bertz CT molecular complexity index is 803. The average Bonchev–Trinajstić information content (AvgIpc) is 3.21. The van der Waals surface area contributed by atoms with Crippen molar-refractivity contribution in [3.05, 3.63) is 35.5 Å². The zero-order chi connectivity index (χ0) is 19.4. The number of nitrogens with two attached hydrogens (primary N) is 1. The molecule has 0 saturated heterocycles. The van der Waals surface area contributed by atoms with Crippen molar-refractivity contribution in [3.63, 3.8) is 0 Å². The highest BCUT2D eigenvalue weighted by atomic mass is 16.5. The Morgan fingerprint density at radius 3 is 2.74 bits per heavy atom. The van der Waals surface area contributed by atoms with Crippen LogP contribution in [0.5, 0.6) is 11.5 Å². The minimum absolute atomic E-state index is 0.00508. The van der Waals surface area contributed by atoms with Gasteiger partial charge in [0.1, 0.15) is 5.82 Å². The topological polar surface area (TPSA) is 91.4 Å². The van der Waals surface area contributed by atoms with Crippen molar-refractivity contribution >= 4 is 11.7 Å². The Labute approximate surface area is 159 Å². The molecule has 1 aromatic heterocycles. The van der Waals surface area contributed by atoms with Crippen LogP contribution in [0.15, 0.2) is 24.4 Å². The number of benzene rings is 1. The van der Waals surface area contributed by atoms with Gasteiger partial charge in [0.15, 0.2) is 11.5 Å². The van der Waals surface area contributed by atoms with E-state index in [1.165, 1.54) is 0 Å². The van der Waals surface area contributed by atoms with E-state index in [4.69, 9.17) is 15.2 Å². The third kappa shape index (κ3) is 4.42. The largest absolute Gasteiger partial charge is 0.493 e. The molecule has 27 heavy (non-hydrogen) atoms. The van der Waals surface area contributed by atoms with Crippen molar-refractivity contribution in [1.29, 1.82) is 0 Å². The summed E-state index contributed by atoms with van der Waals surface area (Å²) in [6.45, 7) is 2.46. The molecule has 0 aliphatic heterocycles. The number of anilines is 1. The lowest BCUT2D eigenvalue weighted by Gasteiger charge is -2.16. The number of nitrogens with zero attached hydrogens (tertiary/aromatic N) is 2. The van der Waals surface area contributed by atoms with Crippen LogP contribution in [-0.4, -0.2) is 35.9 Å². The van der Waals surface area contributed by atoms with Gasteiger partial charge in [0.2, 0.25) is 5.91 Å². The zero-order valence-corrected chi connectivity index (χ0v) is 16.2. The van der Waals surface area contributed by atoms with Gasteiger partial charge in [0.05, 0.1) is 27.0 Å². The number of ether oxygens (including phenoxy) is 2. The summed E-state index contributed by atoms with van der Waals surface area (Å²) in [6, 6.07) is 5.87. The molecule has 3 N–H and O–H groups in total. The van der Waals surface area contributed by atoms with Gasteiger partial charge in [0, 0.05) is 18.0 Å². The first-order chi connectivity index (χ1) is 13.0. The number of aryl methyl sites for hydroxylation is 1. The van der Waals surface area contributed by atoms with Crippen molar-refractivity contribution in [1.82, 2.24) is 9.78 Å². The van der Waals surface area contributed by atoms with Gasteiger partial charge in [-0.05, 0) is 43.4 Å². The summed E-state index contributed by atoms with van der Waals surface area (Å²) in [5.74, 6) is 2.34. The molecule has 0 radical (unpaired) electrons. The van der Waals surface area contributed by atoms with Crippen molar-refractivity contribution in [2.45, 2.75) is 45.2 Å². The molecular formula is C20H28N4O3. The molecule has 1 aliphatic rings. The SMILES string of the molecule is COc1ccc(Cn2ncc(C)c2NC(=O)C[C@@H]2CCC[C@H]2N)cc1OC. The molecule has 0 spiro atoms. The first-order valence-electron chi connectivity index (χ1n) is 9.30. The van der Waals surface area contributed by atoms with Crippen molar-refractivity contribution in [2.75, 3.05) is 19.5 Å². The van der Waals surface area contributed by atoms with Crippen LogP contribution in [0.3, 0.4) is 0 Å². The van der Waals surface area contributed by atoms with E-state index in [-0.39, 0.29) is 17.9 Å². The molecule has 1 aliphatic carbocycles. The van der Waals surface area contributed by atoms with Gasteiger partial charge in [-0.2, -0.15) is 5.10 Å². The van der Waals surface area contributed by atoms with E-state index in [1.807, 2.05) is 25.1 Å². The van der Waals surface area contributed by atoms with Gasteiger partial charge in [-0.3, -0.25) is 4.79 Å². The molecule has 1 fully saturated rings. The molecule has 1 heterocycles. The molecule has 146 valence electrons. The minimum atomic E-state index is -0.00508. The zero-order valence-electron chi connectivity index (χ0n) is 16.2. The lowest BCUT2D eigenvalue weighted by molar-refractivity contribution is -0.117. The van der Waals surface area contributed by atoms with E-state index in [2.05, 4.69) is 10.4 Å². The van der Waals surface area contributed by atoms with Crippen molar-refractivity contribution in [2.24, 2.45) is 11.7 Å². The Kier molecular flexibility index (Phi) is 6.01. The van der Waals surface area contributed by atoms with Gasteiger partial charge in [0.25, 0.3) is 0 Å². The Morgan fingerprint density at radius 2 is 2.07 bits per heavy atom. The van der Waals surface area contributed by atoms with E-state index in [1.54, 1.807) is 25.1 Å². The van der Waals surface area contributed by atoms with Crippen LogP contribution < -0.4 is 20.5 Å². The molecule has 0 bridgehead atoms. The summed E-state index contributed by atoms with van der Waals surface area (Å²) >= 11 is 0. The average molecular weight is 372 g/mol. The molecule has 1 aromatic carbocycles. The highest BCUT2D eigenvalue weighted by Crippen LogP contribution is 2.29. The highest BCUT2D eigenvalue weighted by Gasteiger charge is 2.26. The monoisotopic (exact) mass is 372 g/mol. The number of nitrogens with one attached hydrogen (secondary N) is 1. The molecule has 2 atom stereocenters. The number of methoxy groups -OCH3 is 2. The van der Waals surface area contributed by atoms with Crippen LogP contribution >= 0.6 is 0 Å². The third-order valence-corrected chi connectivity index (χ3v) is 5.23. The number of hydrogen-bond acceptors (Lipinski definition) is 5. The maximum Gasteiger partial charge on any atom is 0.225 e. The number of hydrogen-bond donors (Lipinski definition) is 2. The molecule has 2 aromatic rings. The van der Waals surface area contributed by atoms with E-state index < -0.39 is 0 Å². The molecule has 1 saturated carbocycles. The second-order valence-electron chi connectivity index (χ2n) is 7.13.